The minimum Gasteiger partial charge on any atom is -0.378 e. The molecule has 0 unspecified atom stereocenters. The van der Waals surface area contributed by atoms with Crippen molar-refractivity contribution in [3.05, 3.63) is 81.1 Å². The van der Waals surface area contributed by atoms with Crippen molar-refractivity contribution in [1.82, 2.24) is 10.3 Å². The number of hydrogen-bond donors (Lipinski definition) is 1. The van der Waals surface area contributed by atoms with Crippen LogP contribution in [0.4, 0.5) is 5.82 Å². The van der Waals surface area contributed by atoms with Crippen molar-refractivity contribution in [2.45, 2.75) is 6.04 Å². The van der Waals surface area contributed by atoms with Crippen molar-refractivity contribution in [1.29, 1.82) is 0 Å². The number of amides is 1. The number of nitrogens with one attached hydrogen (secondary N) is 1. The Balaban J connectivity index is 1.52. The van der Waals surface area contributed by atoms with Gasteiger partial charge in [0.15, 0.2) is 0 Å². The van der Waals surface area contributed by atoms with Crippen LogP contribution in [0.15, 0.2) is 59.4 Å². The summed E-state index contributed by atoms with van der Waals surface area (Å²) < 4.78 is 5.37. The van der Waals surface area contributed by atoms with E-state index in [4.69, 9.17) is 16.3 Å². The Labute approximate surface area is 172 Å². The van der Waals surface area contributed by atoms with Crippen molar-refractivity contribution in [3.63, 3.8) is 0 Å². The van der Waals surface area contributed by atoms with Gasteiger partial charge in [-0.1, -0.05) is 23.7 Å². The molecule has 1 aliphatic heterocycles. The third-order valence-corrected chi connectivity index (χ3v) is 5.65. The predicted octanol–water partition coefficient (Wildman–Crippen LogP) is 4.15. The number of thiophene rings is 1. The molecule has 28 heavy (non-hydrogen) atoms. The maximum absolute atomic E-state index is 12.9. The van der Waals surface area contributed by atoms with E-state index in [1.165, 1.54) is 0 Å². The molecule has 4 rings (SSSR count). The minimum atomic E-state index is -0.241. The Morgan fingerprint density at radius 3 is 2.54 bits per heavy atom. The highest BCUT2D eigenvalue weighted by atomic mass is 35.5. The molecular formula is C21H20ClN3O2S. The van der Waals surface area contributed by atoms with Crippen LogP contribution in [0, 0.1) is 0 Å². The maximum Gasteiger partial charge on any atom is 0.253 e. The molecule has 7 heteroatoms. The van der Waals surface area contributed by atoms with Gasteiger partial charge in [-0.15, -0.1) is 0 Å². The number of carbonyl (C=O) groups excluding carboxylic acids is 1. The number of ether oxygens (including phenoxy) is 1. The van der Waals surface area contributed by atoms with Crippen LogP contribution < -0.4 is 10.2 Å². The first kappa shape index (κ1) is 18.9. The van der Waals surface area contributed by atoms with Gasteiger partial charge in [-0.05, 0) is 52.2 Å². The summed E-state index contributed by atoms with van der Waals surface area (Å²) >= 11 is 7.62. The Morgan fingerprint density at radius 1 is 1.11 bits per heavy atom. The smallest absolute Gasteiger partial charge is 0.253 e. The molecule has 0 bridgehead atoms. The van der Waals surface area contributed by atoms with E-state index in [1.54, 1.807) is 17.5 Å². The fourth-order valence-corrected chi connectivity index (χ4v) is 3.98. The largest absolute Gasteiger partial charge is 0.378 e. The predicted molar refractivity (Wildman–Crippen MR) is 112 cm³/mol. The average Bonchev–Trinajstić information content (AvgIpc) is 3.28. The number of rotatable bonds is 5. The lowest BCUT2D eigenvalue weighted by Crippen LogP contribution is -2.36. The maximum atomic E-state index is 12.9. The molecule has 0 saturated carbocycles. The van der Waals surface area contributed by atoms with Crippen LogP contribution in [0.25, 0.3) is 0 Å². The van der Waals surface area contributed by atoms with Gasteiger partial charge in [-0.3, -0.25) is 4.79 Å². The molecule has 1 N–H and O–H groups in total. The Kier molecular flexibility index (Phi) is 5.90. The molecular weight excluding hydrogens is 394 g/mol. The van der Waals surface area contributed by atoms with Gasteiger partial charge in [0.25, 0.3) is 5.91 Å². The van der Waals surface area contributed by atoms with E-state index in [0.29, 0.717) is 23.8 Å². The molecule has 1 amide bonds. The molecule has 1 aromatic carbocycles. The van der Waals surface area contributed by atoms with E-state index in [-0.39, 0.29) is 11.9 Å². The lowest BCUT2D eigenvalue weighted by atomic mass is 10.0. The van der Waals surface area contributed by atoms with Gasteiger partial charge >= 0.3 is 0 Å². The average molecular weight is 414 g/mol. The first-order valence-electron chi connectivity index (χ1n) is 9.08. The van der Waals surface area contributed by atoms with Crippen molar-refractivity contribution in [3.8, 4) is 0 Å². The number of carbonyl (C=O) groups is 1. The van der Waals surface area contributed by atoms with Crippen LogP contribution in [-0.2, 0) is 4.74 Å². The van der Waals surface area contributed by atoms with Crippen LogP contribution >= 0.6 is 22.9 Å². The number of pyridine rings is 1. The molecule has 0 radical (unpaired) electrons. The molecule has 1 atom stereocenters. The zero-order valence-electron chi connectivity index (χ0n) is 15.2. The summed E-state index contributed by atoms with van der Waals surface area (Å²) in [6, 6.07) is 13.0. The van der Waals surface area contributed by atoms with Crippen molar-refractivity contribution < 1.29 is 9.53 Å². The molecule has 1 fully saturated rings. The zero-order chi connectivity index (χ0) is 19.3. The number of hydrogen-bond acceptors (Lipinski definition) is 5. The summed E-state index contributed by atoms with van der Waals surface area (Å²) in [4.78, 5) is 19.5. The minimum absolute atomic E-state index is 0.160. The summed E-state index contributed by atoms with van der Waals surface area (Å²) in [5.41, 5.74) is 2.55. The third kappa shape index (κ3) is 4.35. The Morgan fingerprint density at radius 2 is 1.89 bits per heavy atom. The molecule has 0 spiro atoms. The first-order chi connectivity index (χ1) is 13.7. The second-order valence-electron chi connectivity index (χ2n) is 6.52. The van der Waals surface area contributed by atoms with Gasteiger partial charge < -0.3 is 15.0 Å². The fourth-order valence-electron chi connectivity index (χ4n) is 3.17. The molecule has 0 aliphatic carbocycles. The molecule has 3 heterocycles. The number of anilines is 1. The van der Waals surface area contributed by atoms with Crippen LogP contribution in [-0.4, -0.2) is 37.2 Å². The van der Waals surface area contributed by atoms with Crippen LogP contribution in [0.5, 0.6) is 0 Å². The van der Waals surface area contributed by atoms with Gasteiger partial charge in [0.1, 0.15) is 5.82 Å². The second-order valence-corrected chi connectivity index (χ2v) is 7.74. The van der Waals surface area contributed by atoms with E-state index in [2.05, 4.69) is 15.2 Å². The summed E-state index contributed by atoms with van der Waals surface area (Å²) in [6.45, 7) is 3.03. The standard InChI is InChI=1S/C21H20ClN3O2S/c22-18-4-1-15(2-5-18)20(17-7-12-28-14-17)24-21(26)16-3-6-19(23-13-16)25-8-10-27-11-9-25/h1-7,12-14,20H,8-11H2,(H,24,26)/t20-/m1/s1. The molecule has 1 saturated heterocycles. The van der Waals surface area contributed by atoms with Crippen molar-refractivity contribution >= 4 is 34.7 Å². The van der Waals surface area contributed by atoms with E-state index in [0.717, 1.165) is 30.0 Å². The molecule has 3 aromatic rings. The summed E-state index contributed by atoms with van der Waals surface area (Å²) in [5.74, 6) is 0.708. The Hall–Kier alpha value is -2.41. The lowest BCUT2D eigenvalue weighted by Gasteiger charge is -2.27. The first-order valence-corrected chi connectivity index (χ1v) is 10.4. The van der Waals surface area contributed by atoms with Gasteiger partial charge in [-0.25, -0.2) is 4.98 Å². The SMILES string of the molecule is O=C(N[C@H](c1ccc(Cl)cc1)c1ccsc1)c1ccc(N2CCOCC2)nc1. The summed E-state index contributed by atoms with van der Waals surface area (Å²) in [6.07, 6.45) is 1.63. The van der Waals surface area contributed by atoms with E-state index >= 15 is 0 Å². The molecule has 1 aliphatic rings. The number of nitrogens with zero attached hydrogens (tertiary/aromatic N) is 2. The summed E-state index contributed by atoms with van der Waals surface area (Å²) in [7, 11) is 0. The van der Waals surface area contributed by atoms with Gasteiger partial charge in [0.05, 0.1) is 24.8 Å². The molecule has 5 nitrogen and oxygen atoms in total. The van der Waals surface area contributed by atoms with E-state index < -0.39 is 0 Å². The lowest BCUT2D eigenvalue weighted by molar-refractivity contribution is 0.0942. The number of halogens is 1. The fraction of sp³-hybridized carbons (Fsp3) is 0.238. The topological polar surface area (TPSA) is 54.5 Å². The zero-order valence-corrected chi connectivity index (χ0v) is 16.7. The van der Waals surface area contributed by atoms with Crippen LogP contribution in [0.2, 0.25) is 5.02 Å². The quantitative estimate of drug-likeness (QED) is 0.682. The number of aromatic nitrogens is 1. The van der Waals surface area contributed by atoms with Gasteiger partial charge in [0, 0.05) is 24.3 Å². The normalized spacial score (nSPS) is 15.2. The van der Waals surface area contributed by atoms with Crippen LogP contribution in [0.1, 0.15) is 27.5 Å². The van der Waals surface area contributed by atoms with Crippen molar-refractivity contribution in [2.75, 3.05) is 31.2 Å². The third-order valence-electron chi connectivity index (χ3n) is 4.70. The second kappa shape index (κ2) is 8.73. The van der Waals surface area contributed by atoms with Gasteiger partial charge in [0.2, 0.25) is 0 Å². The van der Waals surface area contributed by atoms with E-state index in [1.807, 2.05) is 53.2 Å². The highest BCUT2D eigenvalue weighted by Gasteiger charge is 2.19. The van der Waals surface area contributed by atoms with E-state index in [9.17, 15) is 4.79 Å². The van der Waals surface area contributed by atoms with Crippen molar-refractivity contribution in [2.24, 2.45) is 0 Å². The molecule has 2 aromatic heterocycles. The van der Waals surface area contributed by atoms with Gasteiger partial charge in [-0.2, -0.15) is 11.3 Å². The van der Waals surface area contributed by atoms with Crippen LogP contribution in [0.3, 0.4) is 0 Å². The highest BCUT2D eigenvalue weighted by molar-refractivity contribution is 7.08. The molecule has 144 valence electrons. The number of benzene rings is 1. The number of morpholine rings is 1. The Bertz CT molecular complexity index is 908. The highest BCUT2D eigenvalue weighted by Crippen LogP contribution is 2.26. The summed E-state index contributed by atoms with van der Waals surface area (Å²) in [5, 5.41) is 7.83. The monoisotopic (exact) mass is 413 g/mol.